The summed E-state index contributed by atoms with van der Waals surface area (Å²) in [4.78, 5) is 16.5. The minimum absolute atomic E-state index is 0.214. The Morgan fingerprint density at radius 3 is 2.89 bits per heavy atom. The summed E-state index contributed by atoms with van der Waals surface area (Å²) in [5.41, 5.74) is 7.13. The Kier molecular flexibility index (Phi) is 4.83. The first-order valence-corrected chi connectivity index (χ1v) is 9.44. The molecule has 4 aromatic rings. The summed E-state index contributed by atoms with van der Waals surface area (Å²) in [6.07, 6.45) is 5.18. The average molecular weight is 437 g/mol. The van der Waals surface area contributed by atoms with Crippen molar-refractivity contribution < 1.29 is 9.21 Å². The fourth-order valence-corrected chi connectivity index (χ4v) is 3.52. The van der Waals surface area contributed by atoms with E-state index in [4.69, 9.17) is 4.42 Å². The number of fused-ring (bicyclic) bond motifs is 1. The Morgan fingerprint density at radius 1 is 1.25 bits per heavy atom. The van der Waals surface area contributed by atoms with Gasteiger partial charge in [0.2, 0.25) is 0 Å². The lowest BCUT2D eigenvalue weighted by atomic mass is 10.2. The first-order valence-electron chi connectivity index (χ1n) is 8.65. The third kappa shape index (κ3) is 3.48. The normalized spacial score (nSPS) is 11.4. The van der Waals surface area contributed by atoms with Crippen LogP contribution in [0.5, 0.6) is 0 Å². The molecule has 0 radical (unpaired) electrons. The zero-order chi connectivity index (χ0) is 19.7. The van der Waals surface area contributed by atoms with Gasteiger partial charge in [0.15, 0.2) is 5.76 Å². The number of amides is 1. The van der Waals surface area contributed by atoms with E-state index >= 15 is 0 Å². The zero-order valence-corrected chi connectivity index (χ0v) is 16.9. The molecule has 1 amide bonds. The van der Waals surface area contributed by atoms with Gasteiger partial charge in [-0.15, -0.1) is 0 Å². The van der Waals surface area contributed by atoms with Crippen LogP contribution in [0.2, 0.25) is 0 Å². The summed E-state index contributed by atoms with van der Waals surface area (Å²) in [5, 5.41) is 4.94. The second-order valence-corrected chi connectivity index (χ2v) is 7.28. The number of nitrogens with one attached hydrogen (secondary N) is 1. The van der Waals surface area contributed by atoms with Gasteiger partial charge in [-0.3, -0.25) is 9.78 Å². The van der Waals surface area contributed by atoms with Crippen LogP contribution in [-0.2, 0) is 0 Å². The van der Waals surface area contributed by atoms with Crippen molar-refractivity contribution in [3.8, 4) is 5.69 Å². The van der Waals surface area contributed by atoms with Crippen LogP contribution in [0.4, 0.5) is 0 Å². The quantitative estimate of drug-likeness (QED) is 0.370. The first-order chi connectivity index (χ1) is 13.5. The highest BCUT2D eigenvalue weighted by Gasteiger charge is 2.12. The number of rotatable bonds is 4. The second kappa shape index (κ2) is 7.44. The number of furan rings is 1. The highest BCUT2D eigenvalue weighted by Crippen LogP contribution is 2.23. The molecule has 0 saturated carbocycles. The number of aromatic nitrogens is 2. The summed E-state index contributed by atoms with van der Waals surface area (Å²) in [5.74, 6) is -0.185. The number of benzene rings is 1. The smallest absolute Gasteiger partial charge is 0.307 e. The maximum absolute atomic E-state index is 12.3. The number of pyridine rings is 1. The van der Waals surface area contributed by atoms with Crippen LogP contribution in [0, 0.1) is 13.8 Å². The Bertz CT molecular complexity index is 1190. The van der Waals surface area contributed by atoms with Crippen LogP contribution < -0.4 is 5.43 Å². The number of hydrazone groups is 1. The number of halogens is 1. The standard InChI is InChI=1S/C21H17BrN4O2/c1-13-8-16(14(2)26(13)18-4-3-7-23-12-18)11-24-25-21(27)20-10-15-9-17(22)5-6-19(15)28-20/h3-12H,1-2H3,(H,25,27)/b24-11+. The topological polar surface area (TPSA) is 72.4 Å². The van der Waals surface area contributed by atoms with Crippen LogP contribution in [0.1, 0.15) is 27.5 Å². The van der Waals surface area contributed by atoms with Crippen molar-refractivity contribution in [3.05, 3.63) is 82.0 Å². The van der Waals surface area contributed by atoms with Gasteiger partial charge in [0, 0.05) is 33.0 Å². The first kappa shape index (κ1) is 18.2. The molecule has 3 heterocycles. The van der Waals surface area contributed by atoms with Crippen molar-refractivity contribution >= 4 is 39.0 Å². The van der Waals surface area contributed by atoms with Crippen LogP contribution in [0.3, 0.4) is 0 Å². The molecule has 1 aromatic carbocycles. The molecule has 0 aliphatic heterocycles. The van der Waals surface area contributed by atoms with Gasteiger partial charge in [0.1, 0.15) is 5.58 Å². The highest BCUT2D eigenvalue weighted by molar-refractivity contribution is 9.10. The predicted octanol–water partition coefficient (Wildman–Crippen LogP) is 4.76. The van der Waals surface area contributed by atoms with Crippen LogP contribution in [-0.4, -0.2) is 21.7 Å². The maximum Gasteiger partial charge on any atom is 0.307 e. The molecule has 0 spiro atoms. The largest absolute Gasteiger partial charge is 0.451 e. The van der Waals surface area contributed by atoms with Gasteiger partial charge in [-0.2, -0.15) is 5.10 Å². The zero-order valence-electron chi connectivity index (χ0n) is 15.3. The van der Waals surface area contributed by atoms with Gasteiger partial charge >= 0.3 is 5.91 Å². The van der Waals surface area contributed by atoms with Gasteiger partial charge in [0.05, 0.1) is 18.1 Å². The van der Waals surface area contributed by atoms with Gasteiger partial charge in [-0.05, 0) is 56.3 Å². The van der Waals surface area contributed by atoms with E-state index in [0.29, 0.717) is 5.58 Å². The fourth-order valence-electron chi connectivity index (χ4n) is 3.14. The molecule has 1 N–H and O–H groups in total. The van der Waals surface area contributed by atoms with E-state index in [-0.39, 0.29) is 5.76 Å². The molecule has 0 fully saturated rings. The third-order valence-corrected chi connectivity index (χ3v) is 4.94. The molecular formula is C21H17BrN4O2. The van der Waals surface area contributed by atoms with Crippen LogP contribution in [0.25, 0.3) is 16.7 Å². The molecule has 7 heteroatoms. The Hall–Kier alpha value is -3.19. The van der Waals surface area contributed by atoms with E-state index in [1.807, 2.05) is 56.4 Å². The van der Waals surface area contributed by atoms with Crippen molar-refractivity contribution in [1.29, 1.82) is 0 Å². The predicted molar refractivity (Wildman–Crippen MR) is 112 cm³/mol. The van der Waals surface area contributed by atoms with Gasteiger partial charge in [-0.25, -0.2) is 5.43 Å². The molecule has 28 heavy (non-hydrogen) atoms. The molecule has 4 rings (SSSR count). The van der Waals surface area contributed by atoms with Crippen molar-refractivity contribution in [3.63, 3.8) is 0 Å². The Labute approximate surface area is 170 Å². The van der Waals surface area contributed by atoms with E-state index in [9.17, 15) is 4.79 Å². The Balaban J connectivity index is 1.52. The molecule has 6 nitrogen and oxygen atoms in total. The highest BCUT2D eigenvalue weighted by atomic mass is 79.9. The third-order valence-electron chi connectivity index (χ3n) is 4.45. The average Bonchev–Trinajstić information content (AvgIpc) is 3.22. The number of aryl methyl sites for hydroxylation is 1. The van der Waals surface area contributed by atoms with E-state index in [2.05, 4.69) is 36.0 Å². The number of nitrogens with zero attached hydrogens (tertiary/aromatic N) is 3. The van der Waals surface area contributed by atoms with Crippen molar-refractivity contribution in [2.45, 2.75) is 13.8 Å². The molecule has 140 valence electrons. The molecule has 0 saturated heterocycles. The lowest BCUT2D eigenvalue weighted by Gasteiger charge is -2.08. The number of hydrogen-bond donors (Lipinski definition) is 1. The fraction of sp³-hybridized carbons (Fsp3) is 0.0952. The van der Waals surface area contributed by atoms with E-state index < -0.39 is 5.91 Å². The monoisotopic (exact) mass is 436 g/mol. The molecule has 0 aliphatic rings. The molecule has 0 bridgehead atoms. The maximum atomic E-state index is 12.3. The van der Waals surface area contributed by atoms with Crippen molar-refractivity contribution in [2.75, 3.05) is 0 Å². The molecular weight excluding hydrogens is 420 g/mol. The second-order valence-electron chi connectivity index (χ2n) is 6.37. The number of carbonyl (C=O) groups is 1. The molecule has 0 atom stereocenters. The van der Waals surface area contributed by atoms with E-state index in [1.54, 1.807) is 18.5 Å². The summed E-state index contributed by atoms with van der Waals surface area (Å²) in [6, 6.07) is 13.2. The molecule has 0 aliphatic carbocycles. The van der Waals surface area contributed by atoms with Gasteiger partial charge < -0.3 is 8.98 Å². The van der Waals surface area contributed by atoms with E-state index in [1.165, 1.54) is 0 Å². The van der Waals surface area contributed by atoms with Crippen molar-refractivity contribution in [2.24, 2.45) is 5.10 Å². The lowest BCUT2D eigenvalue weighted by Crippen LogP contribution is -2.16. The number of hydrogen-bond acceptors (Lipinski definition) is 4. The number of carbonyl (C=O) groups excluding carboxylic acids is 1. The van der Waals surface area contributed by atoms with E-state index in [0.717, 1.165) is 32.5 Å². The summed E-state index contributed by atoms with van der Waals surface area (Å²) in [6.45, 7) is 4.02. The minimum Gasteiger partial charge on any atom is -0.451 e. The minimum atomic E-state index is -0.398. The summed E-state index contributed by atoms with van der Waals surface area (Å²) >= 11 is 3.41. The van der Waals surface area contributed by atoms with Gasteiger partial charge in [-0.1, -0.05) is 15.9 Å². The molecule has 3 aromatic heterocycles. The molecule has 0 unspecified atom stereocenters. The lowest BCUT2D eigenvalue weighted by molar-refractivity contribution is 0.0929. The van der Waals surface area contributed by atoms with Gasteiger partial charge in [0.25, 0.3) is 0 Å². The summed E-state index contributed by atoms with van der Waals surface area (Å²) in [7, 11) is 0. The van der Waals surface area contributed by atoms with Crippen molar-refractivity contribution in [1.82, 2.24) is 15.0 Å². The van der Waals surface area contributed by atoms with Crippen LogP contribution in [0.15, 0.2) is 68.8 Å². The summed E-state index contributed by atoms with van der Waals surface area (Å²) < 4.78 is 8.59. The van der Waals surface area contributed by atoms with Crippen LogP contribution >= 0.6 is 15.9 Å². The SMILES string of the molecule is Cc1cc(/C=N/NC(=O)c2cc3cc(Br)ccc3o2)c(C)n1-c1cccnc1. The Morgan fingerprint density at radius 2 is 2.11 bits per heavy atom.